The Morgan fingerprint density at radius 3 is 2.70 bits per heavy atom. The van der Waals surface area contributed by atoms with Crippen LogP contribution in [-0.4, -0.2) is 69.9 Å². The first kappa shape index (κ1) is 19.3. The zero-order chi connectivity index (χ0) is 19.6. The van der Waals surface area contributed by atoms with Crippen molar-refractivity contribution in [2.45, 2.75) is 6.54 Å². The number of hydrogen-bond acceptors (Lipinski definition) is 7. The molecule has 3 aromatic heterocycles. The van der Waals surface area contributed by atoms with Gasteiger partial charge in [-0.3, -0.25) is 4.57 Å². The van der Waals surface area contributed by atoms with E-state index in [2.05, 4.69) is 43.5 Å². The van der Waals surface area contributed by atoms with Crippen LogP contribution in [0.5, 0.6) is 0 Å². The van der Waals surface area contributed by atoms with Crippen LogP contribution in [0, 0.1) is 0 Å². The Kier molecular flexibility index (Phi) is 5.72. The maximum atomic E-state index is 12.4. The quantitative estimate of drug-likeness (QED) is 0.504. The van der Waals surface area contributed by atoms with Gasteiger partial charge < -0.3 is 20.9 Å². The van der Waals surface area contributed by atoms with E-state index < -0.39 is 7.92 Å². The number of pyridine rings is 1. The number of hydrogen-bond donors (Lipinski definition) is 3. The number of nitrogens with two attached hydrogens (primary N) is 1. The second-order valence-electron chi connectivity index (χ2n) is 6.80. The monoisotopic (exact) mass is 388 g/mol. The van der Waals surface area contributed by atoms with E-state index in [1.165, 1.54) is 0 Å². The molecule has 3 aromatic rings. The maximum Gasteiger partial charge on any atom is 0.328 e. The zero-order valence-corrected chi connectivity index (χ0v) is 16.9. The molecule has 0 spiro atoms. The lowest BCUT2D eigenvalue weighted by atomic mass is 10.3. The second kappa shape index (κ2) is 8.02. The van der Waals surface area contributed by atoms with Crippen LogP contribution in [0.2, 0.25) is 0 Å². The summed E-state index contributed by atoms with van der Waals surface area (Å²) in [5.41, 5.74) is 8.36. The first-order valence-electron chi connectivity index (χ1n) is 8.62. The van der Waals surface area contributed by atoms with Gasteiger partial charge in [-0.2, -0.15) is 0 Å². The maximum absolute atomic E-state index is 12.4. The van der Waals surface area contributed by atoms with Gasteiger partial charge in [-0.15, -0.1) is 0 Å². The smallest absolute Gasteiger partial charge is 0.328 e. The van der Waals surface area contributed by atoms with E-state index >= 15 is 0 Å². The van der Waals surface area contributed by atoms with Crippen molar-refractivity contribution in [2.75, 3.05) is 51.6 Å². The average molecular weight is 388 g/mol. The average Bonchev–Trinajstić information content (AvgIpc) is 2.92. The Balaban J connectivity index is 1.84. The number of nitrogens with zero attached hydrogens (tertiary/aromatic N) is 5. The van der Waals surface area contributed by atoms with E-state index in [0.29, 0.717) is 29.1 Å². The van der Waals surface area contributed by atoms with Gasteiger partial charge in [0.1, 0.15) is 11.3 Å². The van der Waals surface area contributed by atoms with Gasteiger partial charge in [0.2, 0.25) is 0 Å². The Hall–Kier alpha value is -2.51. The van der Waals surface area contributed by atoms with Crippen molar-refractivity contribution in [2.24, 2.45) is 0 Å². The van der Waals surface area contributed by atoms with E-state index in [0.717, 1.165) is 24.5 Å². The number of aromatic nitrogens is 5. The number of H-pyrrole nitrogens is 1. The minimum Gasteiger partial charge on any atom is -0.382 e. The van der Waals surface area contributed by atoms with Gasteiger partial charge in [-0.1, -0.05) is 6.07 Å². The topological polar surface area (TPSA) is 118 Å². The van der Waals surface area contributed by atoms with E-state index in [-0.39, 0.29) is 5.69 Å². The summed E-state index contributed by atoms with van der Waals surface area (Å²) in [5.74, 6) is 1.11. The van der Waals surface area contributed by atoms with Crippen LogP contribution in [0.1, 0.15) is 5.56 Å². The van der Waals surface area contributed by atoms with Crippen LogP contribution in [0.3, 0.4) is 0 Å². The fourth-order valence-corrected chi connectivity index (χ4v) is 3.20. The molecule has 0 fully saturated rings. The number of rotatable bonds is 7. The minimum atomic E-state index is -0.518. The predicted molar refractivity (Wildman–Crippen MR) is 111 cm³/mol. The number of fused-ring (bicyclic) bond motifs is 1. The molecule has 0 aliphatic rings. The molecular weight excluding hydrogens is 363 g/mol. The van der Waals surface area contributed by atoms with E-state index in [4.69, 9.17) is 5.73 Å². The molecule has 0 amide bonds. The first-order valence-corrected chi connectivity index (χ1v) is 10.9. The largest absolute Gasteiger partial charge is 0.382 e. The summed E-state index contributed by atoms with van der Waals surface area (Å²) in [4.78, 5) is 30.5. The molecule has 3 heterocycles. The molecule has 144 valence electrons. The highest BCUT2D eigenvalue weighted by molar-refractivity contribution is 7.63. The predicted octanol–water partition coefficient (Wildman–Crippen LogP) is 0.485. The third-order valence-corrected chi connectivity index (χ3v) is 5.07. The molecule has 0 aliphatic heterocycles. The molecule has 10 heteroatoms. The number of anilines is 2. The Morgan fingerprint density at radius 2 is 2.07 bits per heavy atom. The molecule has 0 saturated heterocycles. The summed E-state index contributed by atoms with van der Waals surface area (Å²) in [7, 11) is 3.54. The van der Waals surface area contributed by atoms with Crippen molar-refractivity contribution >= 4 is 36.3 Å². The summed E-state index contributed by atoms with van der Waals surface area (Å²) >= 11 is 0. The Labute approximate surface area is 158 Å². The summed E-state index contributed by atoms with van der Waals surface area (Å²) in [6.07, 6.45) is 1.77. The molecule has 0 unspecified atom stereocenters. The number of nitrogens with one attached hydrogen (secondary N) is 2. The standard InChI is InChI=1S/C17H25N8OP/c1-24(2)8-7-19-12-6-5-11(9-20-12)10-25-15-13(21-17(25)26)14(18)22-16(23-15)27(3)4/h5-6,9H,7-8,10H2,1-4H3,(H,19,20)(H,21,26)(H2,18,22,23). The van der Waals surface area contributed by atoms with Gasteiger partial charge in [0.05, 0.1) is 6.54 Å². The van der Waals surface area contributed by atoms with Crippen LogP contribution in [0.25, 0.3) is 11.2 Å². The van der Waals surface area contributed by atoms with Crippen LogP contribution in [-0.2, 0) is 6.54 Å². The molecule has 0 saturated carbocycles. The fraction of sp³-hybridized carbons (Fsp3) is 0.412. The summed E-state index contributed by atoms with van der Waals surface area (Å²) < 4.78 is 1.58. The van der Waals surface area contributed by atoms with Crippen LogP contribution >= 0.6 is 7.92 Å². The molecule has 4 N–H and O–H groups in total. The van der Waals surface area contributed by atoms with Crippen LogP contribution in [0.4, 0.5) is 11.6 Å². The number of likely N-dealkylation sites (N-methyl/N-ethyl adjacent to an activating group) is 1. The fourth-order valence-electron chi connectivity index (χ4n) is 2.60. The van der Waals surface area contributed by atoms with Crippen LogP contribution in [0.15, 0.2) is 23.1 Å². The van der Waals surface area contributed by atoms with E-state index in [9.17, 15) is 4.79 Å². The van der Waals surface area contributed by atoms with Crippen molar-refractivity contribution in [1.82, 2.24) is 29.4 Å². The van der Waals surface area contributed by atoms with Gasteiger partial charge in [0, 0.05) is 19.3 Å². The lowest BCUT2D eigenvalue weighted by Crippen LogP contribution is -2.21. The van der Waals surface area contributed by atoms with Crippen molar-refractivity contribution < 1.29 is 0 Å². The molecule has 0 radical (unpaired) electrons. The summed E-state index contributed by atoms with van der Waals surface area (Å²) in [5, 5.41) is 3.27. The molecule has 0 bridgehead atoms. The number of nitrogen functional groups attached to an aromatic ring is 1. The van der Waals surface area contributed by atoms with Crippen molar-refractivity contribution in [3.63, 3.8) is 0 Å². The van der Waals surface area contributed by atoms with Gasteiger partial charge in [0.25, 0.3) is 0 Å². The first-order chi connectivity index (χ1) is 12.8. The summed E-state index contributed by atoms with van der Waals surface area (Å²) in [6.45, 7) is 6.21. The van der Waals surface area contributed by atoms with Crippen LogP contribution < -0.4 is 22.3 Å². The van der Waals surface area contributed by atoms with Crippen molar-refractivity contribution in [1.29, 1.82) is 0 Å². The van der Waals surface area contributed by atoms with Gasteiger partial charge in [-0.25, -0.2) is 19.7 Å². The van der Waals surface area contributed by atoms with Gasteiger partial charge in [0.15, 0.2) is 17.0 Å². The van der Waals surface area contributed by atoms with E-state index in [1.54, 1.807) is 10.8 Å². The SMILES string of the molecule is CN(C)CCNc1ccc(Cn2c(=O)[nH]c3c(N)nc(P(C)C)nc32)cn1. The molecular formula is C17H25N8OP. The highest BCUT2D eigenvalue weighted by atomic mass is 31.1. The second-order valence-corrected chi connectivity index (χ2v) is 8.99. The zero-order valence-electron chi connectivity index (χ0n) is 16.0. The van der Waals surface area contributed by atoms with Crippen molar-refractivity contribution in [3.05, 3.63) is 34.4 Å². The number of aromatic amines is 1. The molecule has 27 heavy (non-hydrogen) atoms. The van der Waals surface area contributed by atoms with Gasteiger partial charge in [-0.05, 0) is 47.0 Å². The molecule has 9 nitrogen and oxygen atoms in total. The normalized spacial score (nSPS) is 11.6. The highest BCUT2D eigenvalue weighted by Gasteiger charge is 2.15. The molecule has 0 aliphatic carbocycles. The third-order valence-electron chi connectivity index (χ3n) is 4.07. The molecule has 0 aromatic carbocycles. The highest BCUT2D eigenvalue weighted by Crippen LogP contribution is 2.23. The molecule has 3 rings (SSSR count). The lowest BCUT2D eigenvalue weighted by Gasteiger charge is -2.11. The minimum absolute atomic E-state index is 0.257. The molecule has 0 atom stereocenters. The third kappa shape index (κ3) is 4.43. The van der Waals surface area contributed by atoms with Gasteiger partial charge >= 0.3 is 5.69 Å². The lowest BCUT2D eigenvalue weighted by molar-refractivity contribution is 0.425. The summed E-state index contributed by atoms with van der Waals surface area (Å²) in [6, 6.07) is 3.87. The Morgan fingerprint density at radius 1 is 1.30 bits per heavy atom. The number of imidazole rings is 1. The van der Waals surface area contributed by atoms with E-state index in [1.807, 2.05) is 26.2 Å². The van der Waals surface area contributed by atoms with Crippen molar-refractivity contribution in [3.8, 4) is 0 Å². The Bertz CT molecular complexity index is 977.